The summed E-state index contributed by atoms with van der Waals surface area (Å²) in [6.45, 7) is 6.87. The van der Waals surface area contributed by atoms with E-state index in [9.17, 15) is 0 Å². The topological polar surface area (TPSA) is 51.8 Å². The van der Waals surface area contributed by atoms with Crippen molar-refractivity contribution >= 4 is 0 Å². The third kappa shape index (κ3) is 2.77. The first kappa shape index (κ1) is 10.1. The third-order valence-electron chi connectivity index (χ3n) is 1.88. The van der Waals surface area contributed by atoms with Gasteiger partial charge in [-0.2, -0.15) is 0 Å². The molecule has 0 bridgehead atoms. The number of aryl methyl sites for hydroxylation is 1. The second-order valence-corrected chi connectivity index (χ2v) is 3.54. The van der Waals surface area contributed by atoms with Crippen molar-refractivity contribution in [1.82, 2.24) is 9.97 Å². The normalized spacial score (nSPS) is 10.8. The van der Waals surface area contributed by atoms with Crippen molar-refractivity contribution in [2.45, 2.75) is 33.1 Å². The summed E-state index contributed by atoms with van der Waals surface area (Å²) in [4.78, 5) is 8.75. The number of hydrogen-bond acceptors (Lipinski definition) is 3. The zero-order chi connectivity index (χ0) is 9.84. The highest BCUT2D eigenvalue weighted by Crippen LogP contribution is 2.12. The summed E-state index contributed by atoms with van der Waals surface area (Å²) < 4.78 is 0. The predicted octanol–water partition coefficient (Wildman–Crippen LogP) is 1.41. The van der Waals surface area contributed by atoms with Gasteiger partial charge in [0, 0.05) is 17.8 Å². The summed E-state index contributed by atoms with van der Waals surface area (Å²) in [6.07, 6.45) is 0.765. The predicted molar refractivity (Wildman–Crippen MR) is 53.6 cm³/mol. The van der Waals surface area contributed by atoms with Gasteiger partial charge in [-0.15, -0.1) is 0 Å². The van der Waals surface area contributed by atoms with Crippen LogP contribution in [0.3, 0.4) is 0 Å². The molecule has 0 saturated carbocycles. The second-order valence-electron chi connectivity index (χ2n) is 3.54. The highest BCUT2D eigenvalue weighted by atomic mass is 14.9. The molecule has 0 aliphatic carbocycles. The van der Waals surface area contributed by atoms with Crippen molar-refractivity contribution in [3.63, 3.8) is 0 Å². The van der Waals surface area contributed by atoms with Gasteiger partial charge in [-0.3, -0.25) is 0 Å². The molecule has 13 heavy (non-hydrogen) atoms. The van der Waals surface area contributed by atoms with Gasteiger partial charge in [-0.25, -0.2) is 9.97 Å². The van der Waals surface area contributed by atoms with Gasteiger partial charge in [0.25, 0.3) is 0 Å². The van der Waals surface area contributed by atoms with Crippen LogP contribution in [0.15, 0.2) is 6.07 Å². The van der Waals surface area contributed by atoms with E-state index in [1.807, 2.05) is 13.0 Å². The number of nitrogens with zero attached hydrogens (tertiary/aromatic N) is 2. The van der Waals surface area contributed by atoms with Crippen molar-refractivity contribution in [2.75, 3.05) is 6.54 Å². The molecule has 0 spiro atoms. The molecule has 0 aliphatic heterocycles. The van der Waals surface area contributed by atoms with E-state index >= 15 is 0 Å². The fourth-order valence-corrected chi connectivity index (χ4v) is 1.19. The molecule has 2 N–H and O–H groups in total. The molecule has 0 aliphatic rings. The van der Waals surface area contributed by atoms with Crippen LogP contribution in [0.4, 0.5) is 0 Å². The standard InChI is InChI=1S/C10H17N3/c1-7(2)9-6-8(3)12-10(13-9)4-5-11/h6-7H,4-5,11H2,1-3H3. The van der Waals surface area contributed by atoms with Crippen LogP contribution in [0.2, 0.25) is 0 Å². The summed E-state index contributed by atoms with van der Waals surface area (Å²) in [7, 11) is 0. The van der Waals surface area contributed by atoms with E-state index in [2.05, 4.69) is 23.8 Å². The Morgan fingerprint density at radius 2 is 2.08 bits per heavy atom. The molecule has 1 aromatic heterocycles. The van der Waals surface area contributed by atoms with Gasteiger partial charge in [0.1, 0.15) is 5.82 Å². The molecule has 0 fully saturated rings. The average Bonchev–Trinajstić information content (AvgIpc) is 2.03. The lowest BCUT2D eigenvalue weighted by Gasteiger charge is -2.07. The van der Waals surface area contributed by atoms with E-state index in [0.29, 0.717) is 12.5 Å². The van der Waals surface area contributed by atoms with Crippen molar-refractivity contribution in [1.29, 1.82) is 0 Å². The second kappa shape index (κ2) is 4.33. The fraction of sp³-hybridized carbons (Fsp3) is 0.600. The molecule has 0 atom stereocenters. The lowest BCUT2D eigenvalue weighted by Crippen LogP contribution is -2.09. The lowest BCUT2D eigenvalue weighted by atomic mass is 10.1. The largest absolute Gasteiger partial charge is 0.330 e. The zero-order valence-corrected chi connectivity index (χ0v) is 8.54. The Kier molecular flexibility index (Phi) is 3.37. The van der Waals surface area contributed by atoms with Gasteiger partial charge in [0.15, 0.2) is 0 Å². The first-order valence-electron chi connectivity index (χ1n) is 4.68. The summed E-state index contributed by atoms with van der Waals surface area (Å²) in [6, 6.07) is 2.03. The van der Waals surface area contributed by atoms with Gasteiger partial charge >= 0.3 is 0 Å². The molecular weight excluding hydrogens is 162 g/mol. The van der Waals surface area contributed by atoms with E-state index in [0.717, 1.165) is 23.6 Å². The molecule has 1 heterocycles. The first-order valence-corrected chi connectivity index (χ1v) is 4.68. The lowest BCUT2D eigenvalue weighted by molar-refractivity contribution is 0.766. The minimum absolute atomic E-state index is 0.457. The highest BCUT2D eigenvalue weighted by Gasteiger charge is 2.04. The monoisotopic (exact) mass is 179 g/mol. The van der Waals surface area contributed by atoms with E-state index in [4.69, 9.17) is 5.73 Å². The molecule has 72 valence electrons. The quantitative estimate of drug-likeness (QED) is 0.763. The van der Waals surface area contributed by atoms with Crippen LogP contribution < -0.4 is 5.73 Å². The van der Waals surface area contributed by atoms with Crippen LogP contribution >= 0.6 is 0 Å². The summed E-state index contributed by atoms with van der Waals surface area (Å²) >= 11 is 0. The molecule has 1 rings (SSSR count). The van der Waals surface area contributed by atoms with Gasteiger partial charge in [-0.1, -0.05) is 13.8 Å². The maximum absolute atomic E-state index is 5.46. The summed E-state index contributed by atoms with van der Waals surface area (Å²) in [5, 5.41) is 0. The number of rotatable bonds is 3. The Hall–Kier alpha value is -0.960. The van der Waals surface area contributed by atoms with E-state index in [1.165, 1.54) is 0 Å². The maximum Gasteiger partial charge on any atom is 0.130 e. The Labute approximate surface area is 79.4 Å². The van der Waals surface area contributed by atoms with Gasteiger partial charge in [0.05, 0.1) is 0 Å². The average molecular weight is 179 g/mol. The van der Waals surface area contributed by atoms with E-state index in [1.54, 1.807) is 0 Å². The molecule has 0 saturated heterocycles. The first-order chi connectivity index (χ1) is 6.13. The highest BCUT2D eigenvalue weighted by molar-refractivity contribution is 5.13. The molecular formula is C10H17N3. The maximum atomic E-state index is 5.46. The number of hydrogen-bond donors (Lipinski definition) is 1. The number of nitrogens with two attached hydrogens (primary N) is 1. The Bertz CT molecular complexity index is 281. The fourth-order valence-electron chi connectivity index (χ4n) is 1.19. The van der Waals surface area contributed by atoms with Gasteiger partial charge < -0.3 is 5.73 Å². The smallest absolute Gasteiger partial charge is 0.130 e. The molecule has 1 aromatic rings. The molecule has 0 unspecified atom stereocenters. The Morgan fingerprint density at radius 1 is 1.38 bits per heavy atom. The third-order valence-corrected chi connectivity index (χ3v) is 1.88. The van der Waals surface area contributed by atoms with Gasteiger partial charge in [0.2, 0.25) is 0 Å². The zero-order valence-electron chi connectivity index (χ0n) is 8.54. The van der Waals surface area contributed by atoms with Crippen molar-refractivity contribution in [3.05, 3.63) is 23.3 Å². The number of aromatic nitrogens is 2. The SMILES string of the molecule is Cc1cc(C(C)C)nc(CCN)n1. The molecule has 0 aromatic carbocycles. The van der Waals surface area contributed by atoms with Crippen molar-refractivity contribution in [3.8, 4) is 0 Å². The minimum atomic E-state index is 0.457. The van der Waals surface area contributed by atoms with Crippen LogP contribution in [0.25, 0.3) is 0 Å². The van der Waals surface area contributed by atoms with E-state index < -0.39 is 0 Å². The molecule has 0 amide bonds. The van der Waals surface area contributed by atoms with Gasteiger partial charge in [-0.05, 0) is 25.5 Å². The summed E-state index contributed by atoms with van der Waals surface area (Å²) in [5.74, 6) is 1.32. The van der Waals surface area contributed by atoms with Crippen LogP contribution in [-0.2, 0) is 6.42 Å². The van der Waals surface area contributed by atoms with Crippen molar-refractivity contribution < 1.29 is 0 Å². The Morgan fingerprint density at radius 3 is 2.62 bits per heavy atom. The van der Waals surface area contributed by atoms with Crippen LogP contribution in [0.1, 0.15) is 37.0 Å². The van der Waals surface area contributed by atoms with E-state index in [-0.39, 0.29) is 0 Å². The Balaban J connectivity index is 2.96. The van der Waals surface area contributed by atoms with Crippen LogP contribution in [-0.4, -0.2) is 16.5 Å². The van der Waals surface area contributed by atoms with Crippen molar-refractivity contribution in [2.24, 2.45) is 5.73 Å². The van der Waals surface area contributed by atoms with Crippen LogP contribution in [0.5, 0.6) is 0 Å². The van der Waals surface area contributed by atoms with Crippen LogP contribution in [0, 0.1) is 6.92 Å². The molecule has 3 heteroatoms. The minimum Gasteiger partial charge on any atom is -0.330 e. The molecule has 3 nitrogen and oxygen atoms in total. The molecule has 0 radical (unpaired) electrons. The summed E-state index contributed by atoms with van der Waals surface area (Å²) in [5.41, 5.74) is 7.59.